The lowest BCUT2D eigenvalue weighted by molar-refractivity contribution is 0.155. The average molecular weight is 480 g/mol. The molecule has 1 aliphatic heterocycles. The number of ether oxygens (including phenoxy) is 1. The zero-order chi connectivity index (χ0) is 23.5. The molecule has 0 unspecified atom stereocenters. The maximum Gasteiger partial charge on any atom is 0.335 e. The quantitative estimate of drug-likeness (QED) is 0.273. The molecule has 9 heteroatoms. The van der Waals surface area contributed by atoms with Crippen molar-refractivity contribution in [3.63, 3.8) is 0 Å². The van der Waals surface area contributed by atoms with Gasteiger partial charge in [0.25, 0.3) is 0 Å². The van der Waals surface area contributed by atoms with Crippen molar-refractivity contribution in [2.45, 2.75) is 32.2 Å². The number of aromatic nitrogens is 3. The van der Waals surface area contributed by atoms with Gasteiger partial charge in [-0.3, -0.25) is 4.99 Å². The molecule has 8 nitrogen and oxygen atoms in total. The predicted octanol–water partition coefficient (Wildman–Crippen LogP) is 3.42. The van der Waals surface area contributed by atoms with Crippen LogP contribution in [-0.4, -0.2) is 62.6 Å². The van der Waals surface area contributed by atoms with Gasteiger partial charge in [-0.05, 0) is 54.4 Å². The Morgan fingerprint density at radius 2 is 1.85 bits per heavy atom. The van der Waals surface area contributed by atoms with Gasteiger partial charge in [0.1, 0.15) is 18.1 Å². The summed E-state index contributed by atoms with van der Waals surface area (Å²) < 4.78 is 19.7. The maximum atomic E-state index is 6.01. The van der Waals surface area contributed by atoms with E-state index in [-0.39, 0.29) is 0 Å². The van der Waals surface area contributed by atoms with Crippen LogP contribution in [0, 0.1) is 0 Å². The third-order valence-electron chi connectivity index (χ3n) is 5.57. The molecule has 1 fully saturated rings. The van der Waals surface area contributed by atoms with Crippen LogP contribution < -0.4 is 10.1 Å². The summed E-state index contributed by atoms with van der Waals surface area (Å²) in [6.45, 7) is 7.26. The molecule has 0 amide bonds. The molecule has 3 aromatic rings. The largest absolute Gasteiger partial charge is 0.487 e. The van der Waals surface area contributed by atoms with Gasteiger partial charge in [0.05, 0.1) is 12.7 Å². The molecular weight excluding hydrogens is 446 g/mol. The fraction of sp³-hybridized carbons (Fsp3) is 0.400. The van der Waals surface area contributed by atoms with E-state index in [4.69, 9.17) is 13.6 Å². The monoisotopic (exact) mass is 479 g/mol. The third-order valence-corrected chi connectivity index (χ3v) is 8.46. The molecule has 1 aromatic heterocycles. The second kappa shape index (κ2) is 12.6. The highest BCUT2D eigenvalue weighted by Crippen LogP contribution is 2.17. The maximum absolute atomic E-state index is 6.01. The van der Waals surface area contributed by atoms with Crippen molar-refractivity contribution >= 4 is 14.8 Å². The highest BCUT2D eigenvalue weighted by Gasteiger charge is 2.31. The van der Waals surface area contributed by atoms with Crippen LogP contribution in [0.2, 0.25) is 12.6 Å². The van der Waals surface area contributed by atoms with Crippen molar-refractivity contribution in [3.8, 4) is 5.75 Å². The molecule has 1 N–H and O–H groups in total. The van der Waals surface area contributed by atoms with E-state index in [1.165, 1.54) is 5.56 Å². The Morgan fingerprint density at radius 1 is 1.09 bits per heavy atom. The lowest BCUT2D eigenvalue weighted by Crippen LogP contribution is -2.45. The fourth-order valence-electron chi connectivity index (χ4n) is 3.71. The topological polar surface area (TPSA) is 82.8 Å². The zero-order valence-corrected chi connectivity index (χ0v) is 20.7. The van der Waals surface area contributed by atoms with Crippen LogP contribution in [0.3, 0.4) is 0 Å². The summed E-state index contributed by atoms with van der Waals surface area (Å²) in [4.78, 5) is 4.57. The summed E-state index contributed by atoms with van der Waals surface area (Å²) in [5.41, 5.74) is 3.04. The van der Waals surface area contributed by atoms with E-state index in [1.54, 1.807) is 0 Å². The molecule has 34 heavy (non-hydrogen) atoms. The van der Waals surface area contributed by atoms with Crippen LogP contribution in [0.4, 0.5) is 0 Å². The molecule has 2 heterocycles. The number of benzene rings is 2. The van der Waals surface area contributed by atoms with E-state index >= 15 is 0 Å². The summed E-state index contributed by atoms with van der Waals surface area (Å²) in [6.07, 6.45) is 4.80. The minimum atomic E-state index is -2.05. The standard InChI is InChI=1S/C25H33N5O3Si/c1-34(32-15-13-26-14-16-33-34)17-5-12-27-18-22-8-10-25(11-9-22)31-21-24-20-30(29-28-24)19-23-6-3-2-4-7-23/h2-4,6-11,18,20,26H,5,12-17,19,21H2,1H3. The molecule has 0 saturated carbocycles. The fourth-order valence-corrected chi connectivity index (χ4v) is 5.95. The van der Waals surface area contributed by atoms with Crippen molar-refractivity contribution < 1.29 is 13.6 Å². The van der Waals surface area contributed by atoms with Crippen molar-refractivity contribution in [2.24, 2.45) is 4.99 Å². The van der Waals surface area contributed by atoms with Crippen molar-refractivity contribution in [1.82, 2.24) is 20.3 Å². The van der Waals surface area contributed by atoms with Gasteiger partial charge < -0.3 is 18.9 Å². The smallest absolute Gasteiger partial charge is 0.335 e. The predicted molar refractivity (Wildman–Crippen MR) is 135 cm³/mol. The Bertz CT molecular complexity index is 1020. The van der Waals surface area contributed by atoms with Gasteiger partial charge in [0, 0.05) is 39.1 Å². The summed E-state index contributed by atoms with van der Waals surface area (Å²) in [6, 6.07) is 19.1. The van der Waals surface area contributed by atoms with Crippen LogP contribution in [0.25, 0.3) is 0 Å². The normalized spacial score (nSPS) is 16.3. The molecule has 180 valence electrons. The third kappa shape index (κ3) is 7.88. The molecule has 2 aromatic carbocycles. The zero-order valence-electron chi connectivity index (χ0n) is 19.7. The highest BCUT2D eigenvalue weighted by molar-refractivity contribution is 6.66. The Labute approximate surface area is 202 Å². The molecule has 0 atom stereocenters. The molecule has 0 radical (unpaired) electrons. The average Bonchev–Trinajstić information content (AvgIpc) is 3.29. The van der Waals surface area contributed by atoms with Gasteiger partial charge in [0.2, 0.25) is 0 Å². The van der Waals surface area contributed by atoms with Crippen LogP contribution in [-0.2, 0) is 22.0 Å². The number of nitrogens with one attached hydrogen (secondary N) is 1. The minimum Gasteiger partial charge on any atom is -0.487 e. The van der Waals surface area contributed by atoms with Crippen LogP contribution in [0.1, 0.15) is 23.2 Å². The highest BCUT2D eigenvalue weighted by atomic mass is 28.4. The number of hydrogen-bond donors (Lipinski definition) is 1. The minimum absolute atomic E-state index is 0.380. The number of hydrogen-bond acceptors (Lipinski definition) is 7. The second-order valence-electron chi connectivity index (χ2n) is 8.47. The summed E-state index contributed by atoms with van der Waals surface area (Å²) >= 11 is 0. The van der Waals surface area contributed by atoms with Gasteiger partial charge in [0.15, 0.2) is 0 Å². The first-order valence-corrected chi connectivity index (χ1v) is 14.4. The van der Waals surface area contributed by atoms with Crippen LogP contribution in [0.15, 0.2) is 65.8 Å². The summed E-state index contributed by atoms with van der Waals surface area (Å²) in [5, 5.41) is 11.7. The first-order chi connectivity index (χ1) is 16.7. The molecular formula is C25H33N5O3Si. The molecule has 0 bridgehead atoms. The van der Waals surface area contributed by atoms with Gasteiger partial charge >= 0.3 is 8.56 Å². The van der Waals surface area contributed by atoms with E-state index < -0.39 is 8.56 Å². The molecule has 0 aliphatic carbocycles. The summed E-state index contributed by atoms with van der Waals surface area (Å²) in [5.74, 6) is 0.793. The lowest BCUT2D eigenvalue weighted by atomic mass is 10.2. The Balaban J connectivity index is 1.17. The number of aliphatic imine (C=N–C) groups is 1. The van der Waals surface area contributed by atoms with Crippen LogP contribution >= 0.6 is 0 Å². The van der Waals surface area contributed by atoms with Gasteiger partial charge in [-0.15, -0.1) is 5.10 Å². The van der Waals surface area contributed by atoms with E-state index in [2.05, 4.69) is 39.3 Å². The number of nitrogens with zero attached hydrogens (tertiary/aromatic N) is 4. The summed E-state index contributed by atoms with van der Waals surface area (Å²) in [7, 11) is -2.05. The first kappa shape index (κ1) is 24.3. The first-order valence-electron chi connectivity index (χ1n) is 11.8. The number of rotatable bonds is 10. The van der Waals surface area contributed by atoms with Crippen molar-refractivity contribution in [3.05, 3.63) is 77.6 Å². The van der Waals surface area contributed by atoms with Gasteiger partial charge in [-0.2, -0.15) is 0 Å². The van der Waals surface area contributed by atoms with Gasteiger partial charge in [-0.25, -0.2) is 4.68 Å². The van der Waals surface area contributed by atoms with Crippen molar-refractivity contribution in [2.75, 3.05) is 32.8 Å². The Kier molecular flexibility index (Phi) is 8.97. The molecule has 1 aliphatic rings. The molecule has 0 spiro atoms. The lowest BCUT2D eigenvalue weighted by Gasteiger charge is -2.29. The molecule has 4 rings (SSSR count). The van der Waals surface area contributed by atoms with E-state index in [9.17, 15) is 0 Å². The van der Waals surface area contributed by atoms with E-state index in [1.807, 2.05) is 59.6 Å². The van der Waals surface area contributed by atoms with Gasteiger partial charge in [-0.1, -0.05) is 35.5 Å². The Morgan fingerprint density at radius 3 is 2.62 bits per heavy atom. The SMILES string of the molecule is C[Si]1(CCCN=Cc2ccc(OCc3cn(Cc4ccccc4)nn3)cc2)OCCNCCO1. The van der Waals surface area contributed by atoms with Crippen LogP contribution in [0.5, 0.6) is 5.75 Å². The molecule has 1 saturated heterocycles. The van der Waals surface area contributed by atoms with Crippen molar-refractivity contribution in [1.29, 1.82) is 0 Å². The van der Waals surface area contributed by atoms with E-state index in [0.29, 0.717) is 13.2 Å². The second-order valence-corrected chi connectivity index (χ2v) is 11.8. The van der Waals surface area contributed by atoms with E-state index in [0.717, 1.165) is 62.3 Å². The Hall–Kier alpha value is -2.85.